The van der Waals surface area contributed by atoms with Gasteiger partial charge in [-0.05, 0) is 44.1 Å². The summed E-state index contributed by atoms with van der Waals surface area (Å²) in [6.45, 7) is 4.67. The van der Waals surface area contributed by atoms with Crippen LogP contribution in [0.25, 0.3) is 0 Å². The second kappa shape index (κ2) is 7.56. The largest absolute Gasteiger partial charge is 0.493 e. The summed E-state index contributed by atoms with van der Waals surface area (Å²) < 4.78 is 5.72. The Labute approximate surface area is 153 Å². The van der Waals surface area contributed by atoms with Crippen LogP contribution in [0, 0.1) is 6.92 Å². The molecule has 0 unspecified atom stereocenters. The van der Waals surface area contributed by atoms with Crippen molar-refractivity contribution in [1.29, 1.82) is 0 Å². The second-order valence-electron chi connectivity index (χ2n) is 6.61. The monoisotopic (exact) mass is 353 g/mol. The van der Waals surface area contributed by atoms with Gasteiger partial charge >= 0.3 is 0 Å². The smallest absolute Gasteiger partial charge is 0.248 e. The summed E-state index contributed by atoms with van der Waals surface area (Å²) in [5.74, 6) is 0.990. The Morgan fingerprint density at radius 2 is 2.15 bits per heavy atom. The summed E-state index contributed by atoms with van der Waals surface area (Å²) >= 11 is 0. The first-order valence-corrected chi connectivity index (χ1v) is 8.73. The maximum Gasteiger partial charge on any atom is 0.248 e. The summed E-state index contributed by atoms with van der Waals surface area (Å²) in [6, 6.07) is 7.82. The summed E-state index contributed by atoms with van der Waals surface area (Å²) in [5.41, 5.74) is 0.00899. The van der Waals surface area contributed by atoms with Crippen molar-refractivity contribution in [2.75, 3.05) is 13.2 Å². The van der Waals surface area contributed by atoms with E-state index in [1.165, 1.54) is 4.90 Å². The molecule has 0 radical (unpaired) electrons. The standard InChI is InChI=1S/C20H23N3O3/c1-15-8-3-4-9-16(15)26-13-7-11-21-19(25)20(2)14-18(24)23-12-6-5-10-17(23)22-20/h3-6,8-10,12H,7,11,13-14H2,1-2H3,(H,21,25)/t20-/m0/s1. The third kappa shape index (κ3) is 3.85. The Bertz CT molecular complexity index is 797. The minimum absolute atomic E-state index is 0.0558. The van der Waals surface area contributed by atoms with Crippen molar-refractivity contribution in [3.8, 4) is 5.75 Å². The fourth-order valence-corrected chi connectivity index (χ4v) is 2.90. The predicted octanol–water partition coefficient (Wildman–Crippen LogP) is 2.35. The van der Waals surface area contributed by atoms with E-state index in [1.807, 2.05) is 31.2 Å². The lowest BCUT2D eigenvalue weighted by molar-refractivity contribution is -0.134. The Hall–Kier alpha value is -2.89. The molecular weight excluding hydrogens is 330 g/mol. The molecule has 0 bridgehead atoms. The van der Waals surface area contributed by atoms with Gasteiger partial charge in [-0.1, -0.05) is 24.3 Å². The number of ether oxygens (including phenoxy) is 1. The SMILES string of the molecule is Cc1ccccc1OCCCNC(=O)[C@]1(C)CC(=O)N2C=CC=CC2=N1. The third-order valence-electron chi connectivity index (χ3n) is 4.41. The minimum atomic E-state index is -1.07. The molecule has 6 nitrogen and oxygen atoms in total. The number of benzene rings is 1. The zero-order valence-electron chi connectivity index (χ0n) is 15.1. The molecule has 0 aliphatic carbocycles. The van der Waals surface area contributed by atoms with E-state index >= 15 is 0 Å². The van der Waals surface area contributed by atoms with E-state index in [1.54, 1.807) is 31.4 Å². The van der Waals surface area contributed by atoms with Gasteiger partial charge in [-0.15, -0.1) is 0 Å². The zero-order chi connectivity index (χ0) is 18.6. The van der Waals surface area contributed by atoms with Gasteiger partial charge in [-0.2, -0.15) is 0 Å². The minimum Gasteiger partial charge on any atom is -0.493 e. The Morgan fingerprint density at radius 1 is 1.35 bits per heavy atom. The quantitative estimate of drug-likeness (QED) is 0.798. The van der Waals surface area contributed by atoms with Crippen molar-refractivity contribution in [3.05, 3.63) is 54.3 Å². The van der Waals surface area contributed by atoms with E-state index in [9.17, 15) is 9.59 Å². The number of amides is 2. The number of nitrogens with zero attached hydrogens (tertiary/aromatic N) is 2. The molecule has 0 fully saturated rings. The van der Waals surface area contributed by atoms with Gasteiger partial charge in [0.05, 0.1) is 13.0 Å². The third-order valence-corrected chi connectivity index (χ3v) is 4.41. The number of para-hydroxylation sites is 1. The number of aliphatic imine (C=N–C) groups is 1. The van der Waals surface area contributed by atoms with Crippen LogP contribution in [0.2, 0.25) is 0 Å². The highest BCUT2D eigenvalue weighted by molar-refractivity contribution is 6.11. The van der Waals surface area contributed by atoms with Crippen LogP contribution < -0.4 is 10.1 Å². The number of allylic oxidation sites excluding steroid dienone is 2. The molecule has 2 aliphatic rings. The fourth-order valence-electron chi connectivity index (χ4n) is 2.90. The van der Waals surface area contributed by atoms with E-state index in [0.29, 0.717) is 25.4 Å². The second-order valence-corrected chi connectivity index (χ2v) is 6.61. The van der Waals surface area contributed by atoms with Crippen LogP contribution in [-0.2, 0) is 9.59 Å². The van der Waals surface area contributed by atoms with E-state index in [2.05, 4.69) is 10.3 Å². The number of carbonyl (C=O) groups excluding carboxylic acids is 2. The molecule has 2 heterocycles. The van der Waals surface area contributed by atoms with Crippen LogP contribution in [0.1, 0.15) is 25.3 Å². The molecule has 2 amide bonds. The average Bonchev–Trinajstić information content (AvgIpc) is 2.62. The number of aryl methyl sites for hydroxylation is 1. The number of carbonyl (C=O) groups is 2. The maximum atomic E-state index is 12.6. The summed E-state index contributed by atoms with van der Waals surface area (Å²) in [4.78, 5) is 30.8. The Balaban J connectivity index is 1.50. The molecule has 0 spiro atoms. The number of hydrogen-bond donors (Lipinski definition) is 1. The van der Waals surface area contributed by atoms with Gasteiger partial charge in [0.15, 0.2) is 0 Å². The molecule has 3 rings (SSSR count). The van der Waals surface area contributed by atoms with Crippen LogP contribution in [0.15, 0.2) is 53.7 Å². The van der Waals surface area contributed by atoms with Gasteiger partial charge in [-0.25, -0.2) is 0 Å². The lowest BCUT2D eigenvalue weighted by atomic mass is 9.94. The Morgan fingerprint density at radius 3 is 2.96 bits per heavy atom. The molecule has 1 atom stereocenters. The highest BCUT2D eigenvalue weighted by atomic mass is 16.5. The van der Waals surface area contributed by atoms with E-state index < -0.39 is 5.54 Å². The fraction of sp³-hybridized carbons (Fsp3) is 0.350. The van der Waals surface area contributed by atoms with Crippen molar-refractivity contribution < 1.29 is 14.3 Å². The van der Waals surface area contributed by atoms with Gasteiger partial charge in [0.1, 0.15) is 17.1 Å². The van der Waals surface area contributed by atoms with Gasteiger partial charge in [-0.3, -0.25) is 19.5 Å². The van der Waals surface area contributed by atoms with Crippen molar-refractivity contribution >= 4 is 17.6 Å². The number of nitrogens with one attached hydrogen (secondary N) is 1. The van der Waals surface area contributed by atoms with Crippen LogP contribution >= 0.6 is 0 Å². The van der Waals surface area contributed by atoms with Crippen molar-refractivity contribution in [2.45, 2.75) is 32.2 Å². The molecule has 1 aromatic carbocycles. The van der Waals surface area contributed by atoms with Gasteiger partial charge < -0.3 is 10.1 Å². The van der Waals surface area contributed by atoms with Crippen molar-refractivity contribution in [1.82, 2.24) is 10.2 Å². The van der Waals surface area contributed by atoms with E-state index in [-0.39, 0.29) is 18.2 Å². The number of fused-ring (bicyclic) bond motifs is 1. The van der Waals surface area contributed by atoms with Crippen molar-refractivity contribution in [3.63, 3.8) is 0 Å². The van der Waals surface area contributed by atoms with E-state index in [0.717, 1.165) is 11.3 Å². The molecule has 6 heteroatoms. The lowest BCUT2D eigenvalue weighted by Gasteiger charge is -2.34. The van der Waals surface area contributed by atoms with Crippen molar-refractivity contribution in [2.24, 2.45) is 4.99 Å². The van der Waals surface area contributed by atoms with Crippen LogP contribution in [0.4, 0.5) is 0 Å². The first-order valence-electron chi connectivity index (χ1n) is 8.73. The number of rotatable bonds is 6. The molecule has 136 valence electrons. The summed E-state index contributed by atoms with van der Waals surface area (Å²) in [6.07, 6.45) is 7.71. The molecule has 26 heavy (non-hydrogen) atoms. The van der Waals surface area contributed by atoms with Gasteiger partial charge in [0, 0.05) is 12.7 Å². The zero-order valence-corrected chi connectivity index (χ0v) is 15.1. The van der Waals surface area contributed by atoms with Crippen LogP contribution in [-0.4, -0.2) is 41.2 Å². The lowest BCUT2D eigenvalue weighted by Crippen LogP contribution is -2.52. The molecular formula is C20H23N3O3. The van der Waals surface area contributed by atoms with E-state index in [4.69, 9.17) is 4.74 Å². The van der Waals surface area contributed by atoms with Crippen LogP contribution in [0.3, 0.4) is 0 Å². The van der Waals surface area contributed by atoms with Gasteiger partial charge in [0.2, 0.25) is 11.8 Å². The topological polar surface area (TPSA) is 71.0 Å². The van der Waals surface area contributed by atoms with Crippen LogP contribution in [0.5, 0.6) is 5.75 Å². The highest BCUT2D eigenvalue weighted by Crippen LogP contribution is 2.25. The average molecular weight is 353 g/mol. The Kier molecular flexibility index (Phi) is 5.21. The number of hydrogen-bond acceptors (Lipinski definition) is 4. The highest BCUT2D eigenvalue weighted by Gasteiger charge is 2.41. The first kappa shape index (κ1) is 17.9. The molecule has 0 aromatic heterocycles. The molecule has 1 aromatic rings. The van der Waals surface area contributed by atoms with Gasteiger partial charge in [0.25, 0.3) is 0 Å². The molecule has 0 saturated heterocycles. The normalized spacial score (nSPS) is 21.2. The summed E-state index contributed by atoms with van der Waals surface area (Å²) in [7, 11) is 0. The number of amidine groups is 1. The maximum absolute atomic E-state index is 12.6. The molecule has 0 saturated carbocycles. The predicted molar refractivity (Wildman–Crippen MR) is 99.9 cm³/mol. The summed E-state index contributed by atoms with van der Waals surface area (Å²) in [5, 5.41) is 2.87. The molecule has 2 aliphatic heterocycles. The first-order chi connectivity index (χ1) is 12.5. The molecule has 1 N–H and O–H groups in total.